The highest BCUT2D eigenvalue weighted by Gasteiger charge is 2.23. The van der Waals surface area contributed by atoms with E-state index in [-0.39, 0.29) is 6.04 Å². The summed E-state index contributed by atoms with van der Waals surface area (Å²) in [5.74, 6) is 0.927. The summed E-state index contributed by atoms with van der Waals surface area (Å²) in [4.78, 5) is 0. The van der Waals surface area contributed by atoms with Crippen LogP contribution in [0.3, 0.4) is 0 Å². The molecule has 1 fully saturated rings. The van der Waals surface area contributed by atoms with Crippen molar-refractivity contribution >= 4 is 0 Å². The second-order valence-electron chi connectivity index (χ2n) is 4.42. The zero-order valence-corrected chi connectivity index (χ0v) is 9.50. The van der Waals surface area contributed by atoms with Crippen LogP contribution in [0.2, 0.25) is 0 Å². The van der Waals surface area contributed by atoms with Crippen LogP contribution in [0.4, 0.5) is 0 Å². The second kappa shape index (κ2) is 4.26. The third kappa shape index (κ3) is 2.34. The quantitative estimate of drug-likeness (QED) is 0.877. The minimum atomic E-state index is -0.135. The van der Waals surface area contributed by atoms with E-state index in [1.165, 1.54) is 12.8 Å². The number of hydrogen-bond donors (Lipinski definition) is 1. The summed E-state index contributed by atoms with van der Waals surface area (Å²) in [6, 6.07) is 9.73. The van der Waals surface area contributed by atoms with Gasteiger partial charge in [0.25, 0.3) is 0 Å². The number of rotatable bonds is 4. The predicted octanol–water partition coefficient (Wildman–Crippen LogP) is 2.87. The molecule has 0 bridgehead atoms. The van der Waals surface area contributed by atoms with Crippen LogP contribution in [0.5, 0.6) is 5.75 Å². The summed E-state index contributed by atoms with van der Waals surface area (Å²) < 4.78 is 10.7. The molecule has 1 aromatic heterocycles. The zero-order valence-electron chi connectivity index (χ0n) is 9.50. The maximum absolute atomic E-state index is 6.12. The lowest BCUT2D eigenvalue weighted by atomic mass is 10.0. The predicted molar refractivity (Wildman–Crippen MR) is 64.8 cm³/mol. The van der Waals surface area contributed by atoms with Crippen LogP contribution in [0, 0.1) is 0 Å². The monoisotopic (exact) mass is 229 g/mol. The van der Waals surface area contributed by atoms with Crippen molar-refractivity contribution in [3.8, 4) is 5.75 Å². The fourth-order valence-corrected chi connectivity index (χ4v) is 1.78. The molecule has 88 valence electrons. The fraction of sp³-hybridized carbons (Fsp3) is 0.286. The number of furan rings is 1. The van der Waals surface area contributed by atoms with E-state index in [1.807, 2.05) is 30.3 Å². The Morgan fingerprint density at radius 3 is 2.47 bits per heavy atom. The van der Waals surface area contributed by atoms with Crippen molar-refractivity contribution in [1.82, 2.24) is 0 Å². The lowest BCUT2D eigenvalue weighted by Crippen LogP contribution is -2.10. The molecule has 1 saturated carbocycles. The van der Waals surface area contributed by atoms with E-state index >= 15 is 0 Å². The molecule has 3 rings (SSSR count). The maximum atomic E-state index is 6.12. The first-order valence-corrected chi connectivity index (χ1v) is 5.87. The molecule has 0 saturated heterocycles. The molecule has 3 nitrogen and oxygen atoms in total. The van der Waals surface area contributed by atoms with Gasteiger partial charge in [-0.1, -0.05) is 12.1 Å². The zero-order chi connectivity index (χ0) is 11.7. The van der Waals surface area contributed by atoms with Crippen molar-refractivity contribution < 1.29 is 9.15 Å². The van der Waals surface area contributed by atoms with Crippen molar-refractivity contribution in [3.63, 3.8) is 0 Å². The molecule has 1 aromatic carbocycles. The van der Waals surface area contributed by atoms with E-state index in [0.717, 1.165) is 16.9 Å². The summed E-state index contributed by atoms with van der Waals surface area (Å²) >= 11 is 0. The molecule has 1 unspecified atom stereocenters. The Kier molecular flexibility index (Phi) is 2.61. The molecule has 17 heavy (non-hydrogen) atoms. The van der Waals surface area contributed by atoms with Gasteiger partial charge in [-0.15, -0.1) is 0 Å². The Balaban J connectivity index is 1.74. The normalized spacial score (nSPS) is 16.8. The standard InChI is InChI=1S/C14H15NO2/c15-14(11-7-8-16-9-11)10-1-3-12(4-2-10)17-13-5-6-13/h1-4,7-9,13-14H,5-6,15H2. The summed E-state index contributed by atoms with van der Waals surface area (Å²) in [5.41, 5.74) is 8.17. The van der Waals surface area contributed by atoms with Crippen molar-refractivity contribution in [1.29, 1.82) is 0 Å². The SMILES string of the molecule is NC(c1ccc(OC2CC2)cc1)c1ccoc1. The van der Waals surface area contributed by atoms with Gasteiger partial charge in [-0.2, -0.15) is 0 Å². The molecule has 0 spiro atoms. The minimum absolute atomic E-state index is 0.135. The van der Waals surface area contributed by atoms with E-state index in [9.17, 15) is 0 Å². The van der Waals surface area contributed by atoms with Crippen molar-refractivity contribution in [2.75, 3.05) is 0 Å². The third-order valence-corrected chi connectivity index (χ3v) is 2.97. The fourth-order valence-electron chi connectivity index (χ4n) is 1.78. The topological polar surface area (TPSA) is 48.4 Å². The maximum Gasteiger partial charge on any atom is 0.119 e. The first kappa shape index (κ1) is 10.4. The van der Waals surface area contributed by atoms with Gasteiger partial charge in [-0.05, 0) is 36.6 Å². The van der Waals surface area contributed by atoms with E-state index in [4.69, 9.17) is 14.9 Å². The van der Waals surface area contributed by atoms with E-state index in [1.54, 1.807) is 12.5 Å². The second-order valence-corrected chi connectivity index (χ2v) is 4.42. The molecule has 3 heteroatoms. The van der Waals surface area contributed by atoms with Gasteiger partial charge in [0.05, 0.1) is 24.7 Å². The molecular weight excluding hydrogens is 214 g/mol. The van der Waals surface area contributed by atoms with Crippen LogP contribution in [0.15, 0.2) is 47.3 Å². The van der Waals surface area contributed by atoms with Crippen LogP contribution >= 0.6 is 0 Å². The number of benzene rings is 1. The van der Waals surface area contributed by atoms with E-state index in [0.29, 0.717) is 6.10 Å². The van der Waals surface area contributed by atoms with Crippen molar-refractivity contribution in [3.05, 3.63) is 54.0 Å². The Bertz CT molecular complexity index is 471. The molecule has 0 amide bonds. The largest absolute Gasteiger partial charge is 0.490 e. The van der Waals surface area contributed by atoms with Gasteiger partial charge in [0.2, 0.25) is 0 Å². The molecule has 0 radical (unpaired) electrons. The average molecular weight is 229 g/mol. The molecule has 2 N–H and O–H groups in total. The van der Waals surface area contributed by atoms with Gasteiger partial charge in [-0.3, -0.25) is 0 Å². The number of ether oxygens (including phenoxy) is 1. The highest BCUT2D eigenvalue weighted by Crippen LogP contribution is 2.28. The number of hydrogen-bond acceptors (Lipinski definition) is 3. The molecule has 1 aliphatic rings. The highest BCUT2D eigenvalue weighted by atomic mass is 16.5. The lowest BCUT2D eigenvalue weighted by Gasteiger charge is -2.11. The minimum Gasteiger partial charge on any atom is -0.490 e. The van der Waals surface area contributed by atoms with Gasteiger partial charge in [-0.25, -0.2) is 0 Å². The smallest absolute Gasteiger partial charge is 0.119 e. The van der Waals surface area contributed by atoms with Crippen LogP contribution < -0.4 is 10.5 Å². The average Bonchev–Trinajstić information content (AvgIpc) is 3.00. The van der Waals surface area contributed by atoms with Crippen molar-refractivity contribution in [2.24, 2.45) is 5.73 Å². The van der Waals surface area contributed by atoms with E-state index in [2.05, 4.69) is 0 Å². The summed E-state index contributed by atoms with van der Waals surface area (Å²) in [6.07, 6.45) is 6.11. The summed E-state index contributed by atoms with van der Waals surface area (Å²) in [5, 5.41) is 0. The molecule has 1 aliphatic carbocycles. The molecule has 1 atom stereocenters. The summed E-state index contributed by atoms with van der Waals surface area (Å²) in [7, 11) is 0. The van der Waals surface area contributed by atoms with Gasteiger partial charge >= 0.3 is 0 Å². The Morgan fingerprint density at radius 1 is 1.12 bits per heavy atom. The molecular formula is C14H15NO2. The highest BCUT2D eigenvalue weighted by molar-refractivity contribution is 5.34. The third-order valence-electron chi connectivity index (χ3n) is 2.97. The molecule has 1 heterocycles. The summed E-state index contributed by atoms with van der Waals surface area (Å²) in [6.45, 7) is 0. The van der Waals surface area contributed by atoms with Crippen LogP contribution in [-0.2, 0) is 0 Å². The molecule has 2 aromatic rings. The molecule has 0 aliphatic heterocycles. The Hall–Kier alpha value is -1.74. The first-order chi connectivity index (χ1) is 8.33. The van der Waals surface area contributed by atoms with Crippen LogP contribution in [0.25, 0.3) is 0 Å². The number of nitrogens with two attached hydrogens (primary N) is 1. The van der Waals surface area contributed by atoms with Crippen LogP contribution in [0.1, 0.15) is 30.0 Å². The first-order valence-electron chi connectivity index (χ1n) is 5.87. The van der Waals surface area contributed by atoms with Gasteiger partial charge in [0.15, 0.2) is 0 Å². The van der Waals surface area contributed by atoms with Gasteiger partial charge < -0.3 is 14.9 Å². The Labute approximate surface area is 100 Å². The lowest BCUT2D eigenvalue weighted by molar-refractivity contribution is 0.303. The van der Waals surface area contributed by atoms with Crippen molar-refractivity contribution in [2.45, 2.75) is 25.0 Å². The Morgan fingerprint density at radius 2 is 1.88 bits per heavy atom. The van der Waals surface area contributed by atoms with E-state index < -0.39 is 0 Å². The van der Waals surface area contributed by atoms with Gasteiger partial charge in [0.1, 0.15) is 5.75 Å². The van der Waals surface area contributed by atoms with Crippen LogP contribution in [-0.4, -0.2) is 6.10 Å². The van der Waals surface area contributed by atoms with Gasteiger partial charge in [0, 0.05) is 5.56 Å².